The maximum absolute atomic E-state index is 12.5. The highest BCUT2D eigenvalue weighted by atomic mass is 79.9. The summed E-state index contributed by atoms with van der Waals surface area (Å²) in [5, 5.41) is 15.4. The molecule has 0 saturated carbocycles. The smallest absolute Gasteiger partial charge is 0.390 e. The first-order chi connectivity index (χ1) is 7.43. The Morgan fingerprint density at radius 3 is 2.69 bits per heavy atom. The third-order valence-electron chi connectivity index (χ3n) is 2.01. The second-order valence-electron chi connectivity index (χ2n) is 3.04. The normalized spacial score (nSPS) is 12.3. The number of aliphatic hydroxyl groups is 1. The Morgan fingerprint density at radius 1 is 1.44 bits per heavy atom. The Labute approximate surface area is 95.6 Å². The van der Waals surface area contributed by atoms with Crippen LogP contribution in [0.1, 0.15) is 11.4 Å². The Bertz CT molecular complexity index is 537. The quantitative estimate of drug-likeness (QED) is 0.848. The molecule has 0 aliphatic heterocycles. The summed E-state index contributed by atoms with van der Waals surface area (Å²) in [4.78, 5) is 3.33. The molecule has 0 atom stereocenters. The van der Waals surface area contributed by atoms with Gasteiger partial charge in [-0.05, 0) is 22.0 Å². The van der Waals surface area contributed by atoms with Crippen molar-refractivity contribution in [2.75, 3.05) is 0 Å². The van der Waals surface area contributed by atoms with Crippen molar-refractivity contribution >= 4 is 26.8 Å². The van der Waals surface area contributed by atoms with E-state index in [0.29, 0.717) is 4.60 Å². The molecule has 0 aromatic carbocycles. The Hall–Kier alpha value is -1.15. The van der Waals surface area contributed by atoms with Gasteiger partial charge in [-0.2, -0.15) is 18.3 Å². The molecular weight excluding hydrogens is 291 g/mol. The molecule has 4 nitrogen and oxygen atoms in total. The van der Waals surface area contributed by atoms with Gasteiger partial charge in [0.15, 0.2) is 0 Å². The summed E-state index contributed by atoms with van der Waals surface area (Å²) < 4.78 is 37.8. The summed E-state index contributed by atoms with van der Waals surface area (Å²) in [6, 6.07) is 0.877. The van der Waals surface area contributed by atoms with Crippen LogP contribution in [0.2, 0.25) is 0 Å². The summed E-state index contributed by atoms with van der Waals surface area (Å²) in [5.74, 6) is 0. The van der Waals surface area contributed by atoms with E-state index in [-0.39, 0.29) is 16.6 Å². The molecule has 86 valence electrons. The van der Waals surface area contributed by atoms with Gasteiger partial charge in [0.2, 0.25) is 0 Å². The van der Waals surface area contributed by atoms with E-state index in [2.05, 4.69) is 31.1 Å². The first-order valence-electron chi connectivity index (χ1n) is 4.15. The highest BCUT2D eigenvalue weighted by Gasteiger charge is 2.33. The predicted molar refractivity (Wildman–Crippen MR) is 52.5 cm³/mol. The summed E-state index contributed by atoms with van der Waals surface area (Å²) >= 11 is 3.04. The highest BCUT2D eigenvalue weighted by Crippen LogP contribution is 2.32. The second kappa shape index (κ2) is 3.70. The van der Waals surface area contributed by atoms with E-state index in [1.165, 1.54) is 0 Å². The summed E-state index contributed by atoms with van der Waals surface area (Å²) in [6.45, 7) is -0.599. The lowest BCUT2D eigenvalue weighted by atomic mass is 10.2. The zero-order chi connectivity index (χ0) is 11.9. The minimum absolute atomic E-state index is 0.105. The van der Waals surface area contributed by atoms with Crippen LogP contribution in [-0.2, 0) is 12.8 Å². The monoisotopic (exact) mass is 295 g/mol. The maximum atomic E-state index is 12.5. The lowest BCUT2D eigenvalue weighted by Gasteiger charge is -2.07. The van der Waals surface area contributed by atoms with Gasteiger partial charge in [-0.25, -0.2) is 4.98 Å². The number of alkyl halides is 3. The van der Waals surface area contributed by atoms with Crippen LogP contribution >= 0.6 is 15.9 Å². The molecule has 0 saturated heterocycles. The molecule has 8 heteroatoms. The third kappa shape index (κ3) is 1.78. The SMILES string of the molecule is OCc1nc(C(F)(F)F)cc2c(Br)[nH]nc12. The van der Waals surface area contributed by atoms with Crippen molar-refractivity contribution in [1.82, 2.24) is 15.2 Å². The molecule has 0 bridgehead atoms. The molecular formula is C8H5BrF3N3O. The molecule has 0 aliphatic carbocycles. The number of hydrogen-bond acceptors (Lipinski definition) is 3. The minimum atomic E-state index is -4.55. The van der Waals surface area contributed by atoms with E-state index in [0.717, 1.165) is 6.07 Å². The zero-order valence-corrected chi connectivity index (χ0v) is 9.22. The van der Waals surface area contributed by atoms with Crippen LogP contribution in [0, 0.1) is 0 Å². The molecule has 2 aromatic rings. The van der Waals surface area contributed by atoms with Gasteiger partial charge in [0, 0.05) is 5.39 Å². The minimum Gasteiger partial charge on any atom is -0.390 e. The number of aromatic amines is 1. The van der Waals surface area contributed by atoms with Gasteiger partial charge < -0.3 is 5.11 Å². The fraction of sp³-hybridized carbons (Fsp3) is 0.250. The number of H-pyrrole nitrogens is 1. The maximum Gasteiger partial charge on any atom is 0.433 e. The topological polar surface area (TPSA) is 61.8 Å². The molecule has 0 radical (unpaired) electrons. The highest BCUT2D eigenvalue weighted by molar-refractivity contribution is 9.10. The van der Waals surface area contributed by atoms with Crippen molar-refractivity contribution in [2.45, 2.75) is 12.8 Å². The summed E-state index contributed by atoms with van der Waals surface area (Å²) in [7, 11) is 0. The van der Waals surface area contributed by atoms with E-state index < -0.39 is 18.5 Å². The number of aliphatic hydroxyl groups excluding tert-OH is 1. The Balaban J connectivity index is 2.76. The van der Waals surface area contributed by atoms with E-state index >= 15 is 0 Å². The number of halogens is 4. The zero-order valence-electron chi connectivity index (χ0n) is 7.64. The van der Waals surface area contributed by atoms with E-state index in [1.807, 2.05) is 0 Å². The number of pyridine rings is 1. The second-order valence-corrected chi connectivity index (χ2v) is 3.84. The number of nitrogens with one attached hydrogen (secondary N) is 1. The first kappa shape index (κ1) is 11.3. The van der Waals surface area contributed by atoms with Gasteiger partial charge in [0.1, 0.15) is 15.8 Å². The molecule has 16 heavy (non-hydrogen) atoms. The van der Waals surface area contributed by atoms with Crippen LogP contribution in [-0.4, -0.2) is 20.3 Å². The van der Waals surface area contributed by atoms with Crippen LogP contribution in [0.4, 0.5) is 13.2 Å². The molecule has 0 unspecified atom stereocenters. The van der Waals surface area contributed by atoms with Crippen molar-refractivity contribution in [2.24, 2.45) is 0 Å². The molecule has 0 fully saturated rings. The van der Waals surface area contributed by atoms with Gasteiger partial charge in [-0.3, -0.25) is 5.10 Å². The number of hydrogen-bond donors (Lipinski definition) is 2. The average molecular weight is 296 g/mol. The van der Waals surface area contributed by atoms with E-state index in [9.17, 15) is 13.2 Å². The predicted octanol–water partition coefficient (Wildman–Crippen LogP) is 2.23. The molecule has 0 aliphatic rings. The van der Waals surface area contributed by atoms with Crippen molar-refractivity contribution < 1.29 is 18.3 Å². The Morgan fingerprint density at radius 2 is 2.12 bits per heavy atom. The molecule has 2 heterocycles. The molecule has 0 spiro atoms. The summed E-state index contributed by atoms with van der Waals surface area (Å²) in [5.41, 5.74) is -0.930. The average Bonchev–Trinajstić information content (AvgIpc) is 2.58. The van der Waals surface area contributed by atoms with Crippen LogP contribution in [0.25, 0.3) is 10.9 Å². The largest absolute Gasteiger partial charge is 0.433 e. The fourth-order valence-corrected chi connectivity index (χ4v) is 1.69. The van der Waals surface area contributed by atoms with E-state index in [4.69, 9.17) is 5.11 Å². The van der Waals surface area contributed by atoms with Gasteiger partial charge in [0.05, 0.1) is 12.3 Å². The van der Waals surface area contributed by atoms with Crippen LogP contribution < -0.4 is 0 Å². The van der Waals surface area contributed by atoms with Crippen molar-refractivity contribution in [3.63, 3.8) is 0 Å². The van der Waals surface area contributed by atoms with Crippen molar-refractivity contribution in [3.05, 3.63) is 22.1 Å². The fourth-order valence-electron chi connectivity index (χ4n) is 1.30. The first-order valence-corrected chi connectivity index (χ1v) is 4.94. The van der Waals surface area contributed by atoms with Gasteiger partial charge in [-0.15, -0.1) is 0 Å². The number of aromatic nitrogens is 3. The number of fused-ring (bicyclic) bond motifs is 1. The van der Waals surface area contributed by atoms with Crippen LogP contribution in [0.3, 0.4) is 0 Å². The van der Waals surface area contributed by atoms with E-state index in [1.54, 1.807) is 0 Å². The van der Waals surface area contributed by atoms with Crippen molar-refractivity contribution in [1.29, 1.82) is 0 Å². The van der Waals surface area contributed by atoms with Crippen LogP contribution in [0.5, 0.6) is 0 Å². The van der Waals surface area contributed by atoms with Gasteiger partial charge in [-0.1, -0.05) is 0 Å². The Kier molecular flexibility index (Phi) is 2.62. The number of rotatable bonds is 1. The molecule has 2 N–H and O–H groups in total. The third-order valence-corrected chi connectivity index (χ3v) is 2.61. The van der Waals surface area contributed by atoms with Gasteiger partial charge >= 0.3 is 6.18 Å². The number of nitrogens with zero attached hydrogens (tertiary/aromatic N) is 2. The van der Waals surface area contributed by atoms with Crippen molar-refractivity contribution in [3.8, 4) is 0 Å². The molecule has 0 amide bonds. The lowest BCUT2D eigenvalue weighted by molar-refractivity contribution is -0.141. The standard InChI is InChI=1S/C8H5BrF3N3O/c9-7-3-1-5(8(10,11)12)13-4(2-16)6(3)14-15-7/h1,16H,2H2,(H,14,15). The summed E-state index contributed by atoms with van der Waals surface area (Å²) in [6.07, 6.45) is -4.55. The lowest BCUT2D eigenvalue weighted by Crippen LogP contribution is -2.09. The van der Waals surface area contributed by atoms with Crippen LogP contribution in [0.15, 0.2) is 10.7 Å². The molecule has 2 rings (SSSR count). The van der Waals surface area contributed by atoms with Gasteiger partial charge in [0.25, 0.3) is 0 Å². The molecule has 2 aromatic heterocycles.